The van der Waals surface area contributed by atoms with E-state index in [0.29, 0.717) is 12.0 Å². The van der Waals surface area contributed by atoms with Crippen LogP contribution in [-0.4, -0.2) is 16.5 Å². The van der Waals surface area contributed by atoms with E-state index < -0.39 is 17.2 Å². The Morgan fingerprint density at radius 2 is 1.88 bits per heavy atom. The molecule has 1 aliphatic rings. The first-order valence-electron chi connectivity index (χ1n) is 5.56. The molecule has 4 heteroatoms. The molecule has 0 bridgehead atoms. The molecule has 0 aliphatic heterocycles. The summed E-state index contributed by atoms with van der Waals surface area (Å²) in [6, 6.07) is 3.25. The van der Waals surface area contributed by atoms with Gasteiger partial charge in [-0.2, -0.15) is 0 Å². The molecular weight excluding hydrogens is 226 g/mol. The van der Waals surface area contributed by atoms with Crippen LogP contribution in [0.25, 0.3) is 0 Å². The number of hydrogen-bond acceptors (Lipinski definition) is 2. The predicted octanol–water partition coefficient (Wildman–Crippen LogP) is 2.55. The van der Waals surface area contributed by atoms with Crippen molar-refractivity contribution in [1.82, 2.24) is 0 Å². The molecule has 0 heterocycles. The number of rotatable bonds is 1. The lowest BCUT2D eigenvalue weighted by Gasteiger charge is -2.33. The SMILES string of the molecule is CC1(O)CC(=O)CC(c2cc(F)cc(F)c2)C1. The van der Waals surface area contributed by atoms with Gasteiger partial charge in [-0.15, -0.1) is 0 Å². The Morgan fingerprint density at radius 3 is 2.41 bits per heavy atom. The van der Waals surface area contributed by atoms with Gasteiger partial charge in [0.05, 0.1) is 5.60 Å². The maximum absolute atomic E-state index is 13.1. The van der Waals surface area contributed by atoms with Crippen LogP contribution in [0, 0.1) is 11.6 Å². The van der Waals surface area contributed by atoms with Crippen LogP contribution in [0.15, 0.2) is 18.2 Å². The van der Waals surface area contributed by atoms with E-state index in [1.165, 1.54) is 12.1 Å². The average Bonchev–Trinajstić information content (AvgIpc) is 2.12. The molecule has 1 aliphatic carbocycles. The van der Waals surface area contributed by atoms with E-state index in [1.807, 2.05) is 0 Å². The van der Waals surface area contributed by atoms with Gasteiger partial charge in [0, 0.05) is 18.9 Å². The van der Waals surface area contributed by atoms with Crippen molar-refractivity contribution in [2.24, 2.45) is 0 Å². The molecule has 1 aromatic rings. The lowest BCUT2D eigenvalue weighted by atomic mass is 9.75. The third-order valence-corrected chi connectivity index (χ3v) is 3.09. The summed E-state index contributed by atoms with van der Waals surface area (Å²) in [4.78, 5) is 11.5. The molecular formula is C13H14F2O2. The zero-order valence-corrected chi connectivity index (χ0v) is 9.54. The Morgan fingerprint density at radius 1 is 1.29 bits per heavy atom. The van der Waals surface area contributed by atoms with Gasteiger partial charge in [-0.3, -0.25) is 4.79 Å². The van der Waals surface area contributed by atoms with Gasteiger partial charge in [0.15, 0.2) is 0 Å². The summed E-state index contributed by atoms with van der Waals surface area (Å²) in [5.41, 5.74) is -0.640. The predicted molar refractivity (Wildman–Crippen MR) is 58.6 cm³/mol. The molecule has 0 spiro atoms. The summed E-state index contributed by atoms with van der Waals surface area (Å²) in [7, 11) is 0. The molecule has 2 unspecified atom stereocenters. The van der Waals surface area contributed by atoms with Crippen molar-refractivity contribution in [2.75, 3.05) is 0 Å². The largest absolute Gasteiger partial charge is 0.390 e. The van der Waals surface area contributed by atoms with Crippen LogP contribution in [0.3, 0.4) is 0 Å². The molecule has 1 N–H and O–H groups in total. The van der Waals surface area contributed by atoms with Gasteiger partial charge in [0.2, 0.25) is 0 Å². The Hall–Kier alpha value is -1.29. The molecule has 2 atom stereocenters. The van der Waals surface area contributed by atoms with Gasteiger partial charge < -0.3 is 5.11 Å². The molecule has 2 nitrogen and oxygen atoms in total. The highest BCUT2D eigenvalue weighted by Gasteiger charge is 2.35. The van der Waals surface area contributed by atoms with E-state index in [1.54, 1.807) is 6.92 Å². The number of carbonyl (C=O) groups excluding carboxylic acids is 1. The second-order valence-electron chi connectivity index (χ2n) is 5.02. The first kappa shape index (κ1) is 12.2. The quantitative estimate of drug-likeness (QED) is 0.819. The maximum Gasteiger partial charge on any atom is 0.136 e. The number of aliphatic hydroxyl groups is 1. The van der Waals surface area contributed by atoms with Crippen LogP contribution in [-0.2, 0) is 4.79 Å². The topological polar surface area (TPSA) is 37.3 Å². The fourth-order valence-electron chi connectivity index (χ4n) is 2.49. The summed E-state index contributed by atoms with van der Waals surface area (Å²) >= 11 is 0. The van der Waals surface area contributed by atoms with E-state index >= 15 is 0 Å². The number of Topliss-reactive ketones (excluding diaryl/α,β-unsaturated/α-hetero) is 1. The van der Waals surface area contributed by atoms with Crippen LogP contribution in [0.5, 0.6) is 0 Å². The van der Waals surface area contributed by atoms with Crippen LogP contribution < -0.4 is 0 Å². The van der Waals surface area contributed by atoms with Crippen molar-refractivity contribution >= 4 is 5.78 Å². The number of benzene rings is 1. The zero-order valence-electron chi connectivity index (χ0n) is 9.54. The first-order chi connectivity index (χ1) is 7.85. The highest BCUT2D eigenvalue weighted by molar-refractivity contribution is 5.81. The first-order valence-corrected chi connectivity index (χ1v) is 5.56. The van der Waals surface area contributed by atoms with Crippen molar-refractivity contribution in [1.29, 1.82) is 0 Å². The molecule has 0 radical (unpaired) electrons. The maximum atomic E-state index is 13.1. The highest BCUT2D eigenvalue weighted by atomic mass is 19.1. The Kier molecular flexibility index (Phi) is 3.00. The molecule has 0 aromatic heterocycles. The van der Waals surface area contributed by atoms with Gasteiger partial charge in [-0.05, 0) is 37.0 Å². The summed E-state index contributed by atoms with van der Waals surface area (Å²) in [6.45, 7) is 1.58. The third kappa shape index (κ3) is 2.88. The van der Waals surface area contributed by atoms with Crippen molar-refractivity contribution in [3.63, 3.8) is 0 Å². The molecule has 1 aromatic carbocycles. The molecule has 2 rings (SSSR count). The van der Waals surface area contributed by atoms with Gasteiger partial charge in [-0.25, -0.2) is 8.78 Å². The Balaban J connectivity index is 2.30. The van der Waals surface area contributed by atoms with Crippen LogP contribution in [0.4, 0.5) is 8.78 Å². The molecule has 17 heavy (non-hydrogen) atoms. The van der Waals surface area contributed by atoms with Crippen LogP contribution in [0.1, 0.15) is 37.7 Å². The standard InChI is InChI=1S/C13H14F2O2/c1-13(17)6-9(4-12(16)7-13)8-2-10(14)5-11(15)3-8/h2-3,5,9,17H,4,6-7H2,1H3. The number of carbonyl (C=O) groups is 1. The highest BCUT2D eigenvalue weighted by Crippen LogP contribution is 2.37. The number of ketones is 1. The molecule has 0 saturated heterocycles. The lowest BCUT2D eigenvalue weighted by molar-refractivity contribution is -0.127. The smallest absolute Gasteiger partial charge is 0.136 e. The minimum absolute atomic E-state index is 0.0732. The van der Waals surface area contributed by atoms with Gasteiger partial charge in [0.1, 0.15) is 17.4 Å². The zero-order chi connectivity index (χ0) is 12.6. The summed E-state index contributed by atoms with van der Waals surface area (Å²) in [6.07, 6.45) is 0.696. The summed E-state index contributed by atoms with van der Waals surface area (Å²) < 4.78 is 26.2. The van der Waals surface area contributed by atoms with Gasteiger partial charge in [-0.1, -0.05) is 0 Å². The van der Waals surface area contributed by atoms with E-state index in [4.69, 9.17) is 0 Å². The molecule has 92 valence electrons. The average molecular weight is 240 g/mol. The van der Waals surface area contributed by atoms with Gasteiger partial charge >= 0.3 is 0 Å². The fourth-order valence-corrected chi connectivity index (χ4v) is 2.49. The van der Waals surface area contributed by atoms with Crippen LogP contribution in [0.2, 0.25) is 0 Å². The summed E-state index contributed by atoms with van der Waals surface area (Å²) in [5, 5.41) is 9.91. The minimum Gasteiger partial charge on any atom is -0.390 e. The summed E-state index contributed by atoms with van der Waals surface area (Å²) in [5.74, 6) is -1.69. The van der Waals surface area contributed by atoms with Crippen molar-refractivity contribution in [3.8, 4) is 0 Å². The van der Waals surface area contributed by atoms with Crippen LogP contribution >= 0.6 is 0 Å². The van der Waals surface area contributed by atoms with Crippen molar-refractivity contribution in [3.05, 3.63) is 35.4 Å². The number of halogens is 2. The molecule has 1 saturated carbocycles. The lowest BCUT2D eigenvalue weighted by Crippen LogP contribution is -2.35. The second-order valence-corrected chi connectivity index (χ2v) is 5.02. The molecule has 0 amide bonds. The fraction of sp³-hybridized carbons (Fsp3) is 0.462. The van der Waals surface area contributed by atoms with Crippen molar-refractivity contribution in [2.45, 2.75) is 37.7 Å². The van der Waals surface area contributed by atoms with E-state index in [2.05, 4.69) is 0 Å². The Bertz CT molecular complexity index is 434. The third-order valence-electron chi connectivity index (χ3n) is 3.09. The Labute approximate surface area is 98.3 Å². The van der Waals surface area contributed by atoms with E-state index in [0.717, 1.165) is 6.07 Å². The van der Waals surface area contributed by atoms with E-state index in [-0.39, 0.29) is 24.5 Å². The second kappa shape index (κ2) is 4.18. The van der Waals surface area contributed by atoms with Gasteiger partial charge in [0.25, 0.3) is 0 Å². The molecule has 1 fully saturated rings. The van der Waals surface area contributed by atoms with E-state index in [9.17, 15) is 18.7 Å². The van der Waals surface area contributed by atoms with Crippen molar-refractivity contribution < 1.29 is 18.7 Å². The normalized spacial score (nSPS) is 29.4. The number of hydrogen-bond donors (Lipinski definition) is 1. The monoisotopic (exact) mass is 240 g/mol. The minimum atomic E-state index is -1.08.